The summed E-state index contributed by atoms with van der Waals surface area (Å²) in [5.41, 5.74) is 2.44. The Hall–Kier alpha value is -1.51. The predicted molar refractivity (Wildman–Crippen MR) is 89.6 cm³/mol. The second-order valence-electron chi connectivity index (χ2n) is 5.91. The molecular formula is C17H17Cl2NO. The summed E-state index contributed by atoms with van der Waals surface area (Å²) in [6.45, 7) is 6.44. The smallest absolute Gasteiger partial charge is 0.257 e. The zero-order chi connectivity index (χ0) is 15.6. The number of nitrogens with one attached hydrogen (secondary N) is 1. The largest absolute Gasteiger partial charge is 0.322 e. The highest BCUT2D eigenvalue weighted by Gasteiger charge is 2.14. The molecule has 0 aliphatic heterocycles. The van der Waals surface area contributed by atoms with E-state index >= 15 is 0 Å². The van der Waals surface area contributed by atoms with Gasteiger partial charge in [-0.05, 0) is 41.3 Å². The third kappa shape index (κ3) is 3.99. The van der Waals surface area contributed by atoms with Crippen molar-refractivity contribution < 1.29 is 4.79 Å². The molecule has 0 aliphatic rings. The number of halogens is 2. The number of carbonyl (C=O) groups excluding carboxylic acids is 1. The van der Waals surface area contributed by atoms with Crippen LogP contribution in [-0.2, 0) is 5.41 Å². The quantitative estimate of drug-likeness (QED) is 0.772. The maximum Gasteiger partial charge on any atom is 0.257 e. The van der Waals surface area contributed by atoms with Crippen LogP contribution in [0.2, 0.25) is 10.0 Å². The first-order valence-electron chi connectivity index (χ1n) is 6.64. The molecular weight excluding hydrogens is 305 g/mol. The van der Waals surface area contributed by atoms with Crippen molar-refractivity contribution >= 4 is 34.8 Å². The molecule has 0 saturated carbocycles. The molecule has 2 nitrogen and oxygen atoms in total. The van der Waals surface area contributed by atoms with Gasteiger partial charge in [-0.25, -0.2) is 0 Å². The lowest BCUT2D eigenvalue weighted by Gasteiger charge is -2.19. The van der Waals surface area contributed by atoms with E-state index in [0.29, 0.717) is 15.6 Å². The van der Waals surface area contributed by atoms with Gasteiger partial charge in [-0.15, -0.1) is 0 Å². The van der Waals surface area contributed by atoms with Crippen molar-refractivity contribution in [2.24, 2.45) is 0 Å². The van der Waals surface area contributed by atoms with Gasteiger partial charge in [-0.3, -0.25) is 4.79 Å². The highest BCUT2D eigenvalue weighted by atomic mass is 35.5. The van der Waals surface area contributed by atoms with Gasteiger partial charge < -0.3 is 5.32 Å². The Balaban J connectivity index is 2.16. The second-order valence-corrected chi connectivity index (χ2v) is 6.75. The Morgan fingerprint density at radius 3 is 2.14 bits per heavy atom. The van der Waals surface area contributed by atoms with E-state index in [1.807, 2.05) is 24.3 Å². The summed E-state index contributed by atoms with van der Waals surface area (Å²) in [6.07, 6.45) is 0. The average Bonchev–Trinajstić information content (AvgIpc) is 2.38. The summed E-state index contributed by atoms with van der Waals surface area (Å²) >= 11 is 11.9. The minimum absolute atomic E-state index is 0.0853. The van der Waals surface area contributed by atoms with Gasteiger partial charge in [0, 0.05) is 10.7 Å². The van der Waals surface area contributed by atoms with E-state index in [2.05, 4.69) is 26.1 Å². The van der Waals surface area contributed by atoms with Crippen LogP contribution in [0.3, 0.4) is 0 Å². The second kappa shape index (κ2) is 6.08. The molecule has 0 radical (unpaired) electrons. The minimum Gasteiger partial charge on any atom is -0.322 e. The van der Waals surface area contributed by atoms with Gasteiger partial charge in [0.05, 0.1) is 10.6 Å². The highest BCUT2D eigenvalue weighted by Crippen LogP contribution is 2.25. The van der Waals surface area contributed by atoms with Crippen LogP contribution in [0.5, 0.6) is 0 Å². The first kappa shape index (κ1) is 15.9. The zero-order valence-electron chi connectivity index (χ0n) is 12.2. The summed E-state index contributed by atoms with van der Waals surface area (Å²) in [6, 6.07) is 12.6. The molecule has 2 aromatic rings. The fourth-order valence-electron chi connectivity index (χ4n) is 1.93. The number of anilines is 1. The van der Waals surface area contributed by atoms with Crippen molar-refractivity contribution in [1.82, 2.24) is 0 Å². The van der Waals surface area contributed by atoms with Crippen molar-refractivity contribution in [3.63, 3.8) is 0 Å². The summed E-state index contributed by atoms with van der Waals surface area (Å²) in [4.78, 5) is 12.2. The van der Waals surface area contributed by atoms with Crippen molar-refractivity contribution in [2.75, 3.05) is 5.32 Å². The lowest BCUT2D eigenvalue weighted by molar-refractivity contribution is 0.102. The molecule has 0 fully saturated rings. The lowest BCUT2D eigenvalue weighted by atomic mass is 9.87. The number of amides is 1. The molecule has 21 heavy (non-hydrogen) atoms. The SMILES string of the molecule is CC(C)(C)c1ccc(NC(=O)c2ccc(Cl)cc2Cl)cc1. The normalized spacial score (nSPS) is 11.3. The van der Waals surface area contributed by atoms with Crippen LogP contribution in [0, 0.1) is 0 Å². The maximum absolute atomic E-state index is 12.2. The van der Waals surface area contributed by atoms with Crippen LogP contribution < -0.4 is 5.32 Å². The Morgan fingerprint density at radius 1 is 1.00 bits per heavy atom. The first-order chi connectivity index (χ1) is 9.77. The first-order valence-corrected chi connectivity index (χ1v) is 7.40. The minimum atomic E-state index is -0.250. The highest BCUT2D eigenvalue weighted by molar-refractivity contribution is 6.37. The standard InChI is InChI=1S/C17H17Cl2NO/c1-17(2,3)11-4-7-13(8-5-11)20-16(21)14-9-6-12(18)10-15(14)19/h4-10H,1-3H3,(H,20,21). The average molecular weight is 322 g/mol. The van der Waals surface area contributed by atoms with Crippen molar-refractivity contribution in [1.29, 1.82) is 0 Å². The summed E-state index contributed by atoms with van der Waals surface area (Å²) < 4.78 is 0. The van der Waals surface area contributed by atoms with Gasteiger partial charge in [0.2, 0.25) is 0 Å². The fraction of sp³-hybridized carbons (Fsp3) is 0.235. The van der Waals surface area contributed by atoms with Crippen LogP contribution >= 0.6 is 23.2 Å². The molecule has 4 heteroatoms. The lowest BCUT2D eigenvalue weighted by Crippen LogP contribution is -2.14. The Labute approximate surface area is 135 Å². The van der Waals surface area contributed by atoms with Gasteiger partial charge in [-0.1, -0.05) is 56.1 Å². The predicted octanol–water partition coefficient (Wildman–Crippen LogP) is 5.54. The van der Waals surface area contributed by atoms with Crippen molar-refractivity contribution in [2.45, 2.75) is 26.2 Å². The molecule has 0 atom stereocenters. The number of hydrogen-bond acceptors (Lipinski definition) is 1. The van der Waals surface area contributed by atoms with Crippen LogP contribution in [-0.4, -0.2) is 5.91 Å². The Kier molecular flexibility index (Phi) is 4.60. The molecule has 2 aromatic carbocycles. The topological polar surface area (TPSA) is 29.1 Å². The van der Waals surface area contributed by atoms with E-state index in [1.165, 1.54) is 5.56 Å². The molecule has 1 N–H and O–H groups in total. The number of rotatable bonds is 2. The molecule has 1 amide bonds. The third-order valence-corrected chi connectivity index (χ3v) is 3.73. The molecule has 2 rings (SSSR count). The van der Waals surface area contributed by atoms with Gasteiger partial charge >= 0.3 is 0 Å². The maximum atomic E-state index is 12.2. The van der Waals surface area contributed by atoms with Crippen molar-refractivity contribution in [3.8, 4) is 0 Å². The summed E-state index contributed by atoms with van der Waals surface area (Å²) in [7, 11) is 0. The van der Waals surface area contributed by atoms with Gasteiger partial charge in [0.25, 0.3) is 5.91 Å². The van der Waals surface area contributed by atoms with E-state index in [4.69, 9.17) is 23.2 Å². The molecule has 0 bridgehead atoms. The van der Waals surface area contributed by atoms with Crippen LogP contribution in [0.4, 0.5) is 5.69 Å². The van der Waals surface area contributed by atoms with E-state index in [1.54, 1.807) is 18.2 Å². The van der Waals surface area contributed by atoms with E-state index in [9.17, 15) is 4.79 Å². The van der Waals surface area contributed by atoms with E-state index in [0.717, 1.165) is 5.69 Å². The molecule has 0 unspecified atom stereocenters. The molecule has 110 valence electrons. The third-order valence-electron chi connectivity index (χ3n) is 3.18. The summed E-state index contributed by atoms with van der Waals surface area (Å²) in [5.74, 6) is -0.250. The van der Waals surface area contributed by atoms with Gasteiger partial charge in [0.1, 0.15) is 0 Å². The van der Waals surface area contributed by atoms with Gasteiger partial charge in [0.15, 0.2) is 0 Å². The Bertz CT molecular complexity index is 657. The molecule has 0 spiro atoms. The van der Waals surface area contributed by atoms with Crippen LogP contribution in [0.15, 0.2) is 42.5 Å². The molecule has 0 heterocycles. The van der Waals surface area contributed by atoms with Crippen LogP contribution in [0.1, 0.15) is 36.7 Å². The van der Waals surface area contributed by atoms with E-state index in [-0.39, 0.29) is 11.3 Å². The number of hydrogen-bond donors (Lipinski definition) is 1. The molecule has 0 aromatic heterocycles. The Morgan fingerprint density at radius 2 is 1.62 bits per heavy atom. The molecule has 0 aliphatic carbocycles. The van der Waals surface area contributed by atoms with Crippen LogP contribution in [0.25, 0.3) is 0 Å². The fourth-order valence-corrected chi connectivity index (χ4v) is 2.42. The van der Waals surface area contributed by atoms with E-state index < -0.39 is 0 Å². The number of carbonyl (C=O) groups is 1. The zero-order valence-corrected chi connectivity index (χ0v) is 13.7. The number of benzene rings is 2. The van der Waals surface area contributed by atoms with Crippen molar-refractivity contribution in [3.05, 3.63) is 63.6 Å². The molecule has 0 saturated heterocycles. The summed E-state index contributed by atoms with van der Waals surface area (Å²) in [5, 5.41) is 3.68. The monoisotopic (exact) mass is 321 g/mol. The van der Waals surface area contributed by atoms with Gasteiger partial charge in [-0.2, -0.15) is 0 Å².